The summed E-state index contributed by atoms with van der Waals surface area (Å²) in [5.74, 6) is 1.43. The van der Waals surface area contributed by atoms with E-state index in [-0.39, 0.29) is 37.8 Å². The molecule has 10 nitrogen and oxygen atoms in total. The number of hydrogen-bond donors (Lipinski definition) is 2. The number of rotatable bonds is 15. The van der Waals surface area contributed by atoms with Gasteiger partial charge in [-0.15, -0.1) is 0 Å². The fourth-order valence-electron chi connectivity index (χ4n) is 5.26. The molecule has 3 aromatic rings. The highest BCUT2D eigenvalue weighted by Gasteiger charge is 2.53. The van der Waals surface area contributed by atoms with Gasteiger partial charge in [-0.05, 0) is 87.7 Å². The fourth-order valence-corrected chi connectivity index (χ4v) is 5.75. The van der Waals surface area contributed by atoms with E-state index in [0.717, 1.165) is 10.0 Å². The average Bonchev–Trinajstić information content (AvgIpc) is 3.44. The molecule has 47 heavy (non-hydrogen) atoms. The molecule has 4 rings (SSSR count). The summed E-state index contributed by atoms with van der Waals surface area (Å²) in [6, 6.07) is 20.2. The molecule has 1 heterocycles. The molecular formula is C36H43BrN2O8. The van der Waals surface area contributed by atoms with Crippen molar-refractivity contribution in [3.63, 3.8) is 0 Å². The maximum absolute atomic E-state index is 14.4. The molecule has 0 saturated carbocycles. The molecule has 0 spiro atoms. The van der Waals surface area contributed by atoms with Gasteiger partial charge in [-0.3, -0.25) is 9.59 Å². The number of aliphatic hydroxyl groups is 1. The zero-order chi connectivity index (χ0) is 34.0. The van der Waals surface area contributed by atoms with Gasteiger partial charge in [-0.2, -0.15) is 0 Å². The molecular weight excluding hydrogens is 668 g/mol. The molecule has 1 aliphatic heterocycles. The number of carbonyl (C=O) groups excluding carboxylic acids is 2. The highest BCUT2D eigenvalue weighted by molar-refractivity contribution is 9.10. The van der Waals surface area contributed by atoms with Crippen molar-refractivity contribution in [1.29, 1.82) is 0 Å². The van der Waals surface area contributed by atoms with Crippen LogP contribution in [0.1, 0.15) is 62.8 Å². The summed E-state index contributed by atoms with van der Waals surface area (Å²) in [6.07, 6.45) is 0.0949. The van der Waals surface area contributed by atoms with Gasteiger partial charge in [0.25, 0.3) is 5.91 Å². The van der Waals surface area contributed by atoms with Gasteiger partial charge in [-0.25, -0.2) is 4.99 Å². The van der Waals surface area contributed by atoms with Crippen LogP contribution in [-0.2, 0) is 25.5 Å². The van der Waals surface area contributed by atoms with Crippen molar-refractivity contribution in [1.82, 2.24) is 5.32 Å². The predicted molar refractivity (Wildman–Crippen MR) is 182 cm³/mol. The number of halogens is 1. The van der Waals surface area contributed by atoms with E-state index in [4.69, 9.17) is 33.8 Å². The monoisotopic (exact) mass is 710 g/mol. The quantitative estimate of drug-likeness (QED) is 0.146. The number of hydrogen-bond acceptors (Lipinski definition) is 9. The number of aliphatic hydroxyl groups excluding tert-OH is 1. The van der Waals surface area contributed by atoms with Crippen molar-refractivity contribution in [2.45, 2.75) is 63.7 Å². The summed E-state index contributed by atoms with van der Waals surface area (Å²) in [7, 11) is 3.19. The Labute approximate surface area is 284 Å². The van der Waals surface area contributed by atoms with Crippen LogP contribution in [0.4, 0.5) is 0 Å². The van der Waals surface area contributed by atoms with E-state index in [1.807, 2.05) is 42.5 Å². The van der Waals surface area contributed by atoms with Gasteiger partial charge < -0.3 is 34.1 Å². The minimum atomic E-state index is -1.51. The van der Waals surface area contributed by atoms with Gasteiger partial charge >= 0.3 is 5.97 Å². The predicted octanol–water partition coefficient (Wildman–Crippen LogP) is 5.97. The van der Waals surface area contributed by atoms with E-state index < -0.39 is 23.2 Å². The molecule has 11 heteroatoms. The molecule has 2 atom stereocenters. The van der Waals surface area contributed by atoms with Crippen molar-refractivity contribution in [3.8, 4) is 17.2 Å². The second-order valence-electron chi connectivity index (χ2n) is 12.1. The number of methoxy groups -OCH3 is 2. The SMILES string of the molecule is COc1ccc(OC)c(CCNC(=O)[C@]2(CCC(=O)OC(C)(C)C)N=C(c3ccc(OCCCO)cc3)O[C@@H]2c2ccccc2Br)c1. The number of benzene rings is 3. The van der Waals surface area contributed by atoms with Crippen LogP contribution in [-0.4, -0.2) is 68.0 Å². The lowest BCUT2D eigenvalue weighted by molar-refractivity contribution is -0.155. The number of ether oxygens (including phenoxy) is 5. The maximum atomic E-state index is 14.4. The van der Waals surface area contributed by atoms with E-state index in [1.54, 1.807) is 59.3 Å². The van der Waals surface area contributed by atoms with Crippen LogP contribution in [0.5, 0.6) is 17.2 Å². The van der Waals surface area contributed by atoms with Crippen LogP contribution in [0.15, 0.2) is 76.2 Å². The Morgan fingerprint density at radius 1 is 1.02 bits per heavy atom. The zero-order valence-electron chi connectivity index (χ0n) is 27.5. The summed E-state index contributed by atoms with van der Waals surface area (Å²) in [5.41, 5.74) is 0.0236. The van der Waals surface area contributed by atoms with Crippen molar-refractivity contribution in [2.24, 2.45) is 4.99 Å². The number of amides is 1. The number of nitrogens with one attached hydrogen (secondary N) is 1. The lowest BCUT2D eigenvalue weighted by atomic mass is 9.83. The van der Waals surface area contributed by atoms with E-state index in [1.165, 1.54) is 0 Å². The van der Waals surface area contributed by atoms with Crippen LogP contribution in [0.3, 0.4) is 0 Å². The van der Waals surface area contributed by atoms with Crippen molar-refractivity contribution in [3.05, 3.63) is 87.9 Å². The summed E-state index contributed by atoms with van der Waals surface area (Å²) in [4.78, 5) is 32.4. The summed E-state index contributed by atoms with van der Waals surface area (Å²) < 4.78 is 29.5. The zero-order valence-corrected chi connectivity index (χ0v) is 29.1. The standard InChI is InChI=1S/C36H43BrN2O8/c1-35(2,3)47-31(41)17-19-36(34(42)38-20-18-25-23-27(43-4)15-16-30(25)44-5)32(28-9-6-7-10-29(28)37)46-33(39-36)24-11-13-26(14-12-24)45-22-8-21-40/h6-7,9-16,23,32,40H,8,17-22H2,1-5H3,(H,38,42)/t32-,36-/m1/s1. The van der Waals surface area contributed by atoms with Crippen LogP contribution >= 0.6 is 15.9 Å². The van der Waals surface area contributed by atoms with Crippen molar-refractivity contribution in [2.75, 3.05) is 34.0 Å². The average molecular weight is 712 g/mol. The molecule has 0 saturated heterocycles. The van der Waals surface area contributed by atoms with Crippen LogP contribution in [0, 0.1) is 0 Å². The smallest absolute Gasteiger partial charge is 0.306 e. The first-order chi connectivity index (χ1) is 22.5. The van der Waals surface area contributed by atoms with Crippen LogP contribution in [0.25, 0.3) is 0 Å². The molecule has 0 bridgehead atoms. The fraction of sp³-hybridized carbons (Fsp3) is 0.417. The molecule has 0 aromatic heterocycles. The molecule has 1 amide bonds. The third-order valence-electron chi connectivity index (χ3n) is 7.52. The van der Waals surface area contributed by atoms with E-state index in [0.29, 0.717) is 47.8 Å². The summed E-state index contributed by atoms with van der Waals surface area (Å²) in [5, 5.41) is 12.1. The minimum Gasteiger partial charge on any atom is -0.497 e. The molecule has 3 aromatic carbocycles. The Hall–Kier alpha value is -4.09. The Kier molecular flexibility index (Phi) is 12.3. The van der Waals surface area contributed by atoms with Gasteiger partial charge in [0.05, 0.1) is 20.8 Å². The lowest BCUT2D eigenvalue weighted by Crippen LogP contribution is -2.49. The number of nitrogens with zero attached hydrogens (tertiary/aromatic N) is 1. The molecule has 0 fully saturated rings. The third-order valence-corrected chi connectivity index (χ3v) is 8.24. The first-order valence-electron chi connectivity index (χ1n) is 15.6. The van der Waals surface area contributed by atoms with Gasteiger partial charge in [0, 0.05) is 41.6 Å². The lowest BCUT2D eigenvalue weighted by Gasteiger charge is -2.31. The number of carbonyl (C=O) groups is 2. The second-order valence-corrected chi connectivity index (χ2v) is 12.9. The highest BCUT2D eigenvalue weighted by Crippen LogP contribution is 2.45. The van der Waals surface area contributed by atoms with Crippen LogP contribution in [0.2, 0.25) is 0 Å². The second kappa shape index (κ2) is 16.1. The molecule has 0 radical (unpaired) electrons. The van der Waals surface area contributed by atoms with Gasteiger partial charge in [0.2, 0.25) is 5.90 Å². The first kappa shape index (κ1) is 35.8. The van der Waals surface area contributed by atoms with Gasteiger partial charge in [0.1, 0.15) is 22.8 Å². The molecule has 0 unspecified atom stereocenters. The number of aliphatic imine (C=N–C) groups is 1. The minimum absolute atomic E-state index is 0.0358. The Morgan fingerprint density at radius 2 is 1.74 bits per heavy atom. The van der Waals surface area contributed by atoms with Gasteiger partial charge in [0.15, 0.2) is 11.6 Å². The third kappa shape index (κ3) is 9.26. The van der Waals surface area contributed by atoms with Crippen molar-refractivity contribution >= 4 is 33.7 Å². The number of esters is 1. The normalized spacial score (nSPS) is 17.3. The molecule has 1 aliphatic rings. The van der Waals surface area contributed by atoms with E-state index >= 15 is 0 Å². The molecule has 2 N–H and O–H groups in total. The molecule has 0 aliphatic carbocycles. The van der Waals surface area contributed by atoms with Gasteiger partial charge in [-0.1, -0.05) is 34.1 Å². The van der Waals surface area contributed by atoms with E-state index in [9.17, 15) is 9.59 Å². The van der Waals surface area contributed by atoms with Crippen molar-refractivity contribution < 1.29 is 38.4 Å². The Balaban J connectivity index is 1.70. The largest absolute Gasteiger partial charge is 0.497 e. The van der Waals surface area contributed by atoms with Crippen LogP contribution < -0.4 is 19.5 Å². The maximum Gasteiger partial charge on any atom is 0.306 e. The summed E-state index contributed by atoms with van der Waals surface area (Å²) in [6.45, 7) is 6.10. The van der Waals surface area contributed by atoms with E-state index in [2.05, 4.69) is 21.2 Å². The topological polar surface area (TPSA) is 125 Å². The highest BCUT2D eigenvalue weighted by atomic mass is 79.9. The first-order valence-corrected chi connectivity index (χ1v) is 16.3. The Bertz CT molecular complexity index is 1550. The summed E-state index contributed by atoms with van der Waals surface area (Å²) >= 11 is 3.64. The molecule has 252 valence electrons. The Morgan fingerprint density at radius 3 is 2.40 bits per heavy atom.